The number of likely N-dealkylation sites (tertiary alicyclic amines) is 1. The van der Waals surface area contributed by atoms with Crippen LogP contribution in [-0.4, -0.2) is 29.3 Å². The number of halogens is 1. The van der Waals surface area contributed by atoms with Crippen molar-refractivity contribution < 1.29 is 4.79 Å². The van der Waals surface area contributed by atoms with E-state index in [1.165, 1.54) is 19.4 Å². The molecular weight excluding hydrogens is 302 g/mol. The lowest BCUT2D eigenvalue weighted by atomic mass is 10.0. The van der Waals surface area contributed by atoms with Gasteiger partial charge in [0.15, 0.2) is 5.78 Å². The van der Waals surface area contributed by atoms with Crippen LogP contribution in [0.2, 0.25) is 0 Å². The molecule has 19 heavy (non-hydrogen) atoms. The average molecular weight is 324 g/mol. The van der Waals surface area contributed by atoms with Crippen molar-refractivity contribution in [3.8, 4) is 0 Å². The Bertz CT molecular complexity index is 439. The Morgan fingerprint density at radius 3 is 2.58 bits per heavy atom. The largest absolute Gasteiger partial charge is 0.298 e. The van der Waals surface area contributed by atoms with Gasteiger partial charge in [-0.2, -0.15) is 0 Å². The highest BCUT2D eigenvalue weighted by atomic mass is 79.9. The number of hydrogen-bond acceptors (Lipinski definition) is 2. The molecule has 1 aromatic carbocycles. The zero-order valence-electron chi connectivity index (χ0n) is 11.8. The van der Waals surface area contributed by atoms with Gasteiger partial charge in [0.2, 0.25) is 0 Å². The third-order valence-corrected chi connectivity index (χ3v) is 4.60. The summed E-state index contributed by atoms with van der Waals surface area (Å²) in [5.41, 5.74) is 1.14. The molecule has 0 radical (unpaired) electrons. The molecule has 0 amide bonds. The lowest BCUT2D eigenvalue weighted by Crippen LogP contribution is -2.38. The van der Waals surface area contributed by atoms with Gasteiger partial charge in [0.1, 0.15) is 0 Å². The Morgan fingerprint density at radius 1 is 1.32 bits per heavy atom. The highest BCUT2D eigenvalue weighted by Gasteiger charge is 2.31. The molecule has 2 rings (SSSR count). The van der Waals surface area contributed by atoms with Crippen molar-refractivity contribution in [1.82, 2.24) is 4.90 Å². The normalized spacial score (nSPS) is 18.7. The minimum atomic E-state index is 0.254. The van der Waals surface area contributed by atoms with Gasteiger partial charge in [-0.05, 0) is 58.3 Å². The Hall–Kier alpha value is -0.670. The van der Waals surface area contributed by atoms with Gasteiger partial charge >= 0.3 is 0 Å². The van der Waals surface area contributed by atoms with E-state index in [4.69, 9.17) is 0 Å². The first-order valence-corrected chi connectivity index (χ1v) is 7.82. The van der Waals surface area contributed by atoms with Crippen LogP contribution in [0.3, 0.4) is 0 Å². The molecule has 1 aromatic rings. The third-order valence-electron chi connectivity index (χ3n) is 4.07. The van der Waals surface area contributed by atoms with Crippen molar-refractivity contribution in [2.45, 2.75) is 45.1 Å². The fraction of sp³-hybridized carbons (Fsp3) is 0.562. The maximum Gasteiger partial charge on any atom is 0.162 e. The third kappa shape index (κ3) is 3.90. The summed E-state index contributed by atoms with van der Waals surface area (Å²) in [5, 5.41) is 0. The first-order chi connectivity index (χ1) is 8.99. The van der Waals surface area contributed by atoms with Crippen LogP contribution in [0.15, 0.2) is 28.7 Å². The maximum absolute atomic E-state index is 12.1. The van der Waals surface area contributed by atoms with E-state index >= 15 is 0 Å². The zero-order valence-corrected chi connectivity index (χ0v) is 13.4. The summed E-state index contributed by atoms with van der Waals surface area (Å²) in [7, 11) is 0. The minimum Gasteiger partial charge on any atom is -0.298 e. The smallest absolute Gasteiger partial charge is 0.162 e. The van der Waals surface area contributed by atoms with E-state index in [2.05, 4.69) is 34.7 Å². The van der Waals surface area contributed by atoms with Crippen LogP contribution in [0.5, 0.6) is 0 Å². The van der Waals surface area contributed by atoms with Gasteiger partial charge in [0.05, 0.1) is 0 Å². The molecule has 0 spiro atoms. The lowest BCUT2D eigenvalue weighted by Gasteiger charge is -2.31. The molecule has 0 atom stereocenters. The monoisotopic (exact) mass is 323 g/mol. The molecule has 0 aromatic heterocycles. The van der Waals surface area contributed by atoms with E-state index in [0.29, 0.717) is 12.0 Å². The maximum atomic E-state index is 12.1. The Kier molecular flexibility index (Phi) is 4.80. The summed E-state index contributed by atoms with van der Waals surface area (Å²) in [5.74, 6) is 0.254. The first kappa shape index (κ1) is 14.7. The number of carbonyl (C=O) groups excluding carboxylic acids is 1. The second kappa shape index (κ2) is 6.19. The molecule has 1 aliphatic heterocycles. The molecule has 0 unspecified atom stereocenters. The zero-order chi connectivity index (χ0) is 13.9. The van der Waals surface area contributed by atoms with Gasteiger partial charge in [-0.3, -0.25) is 9.69 Å². The Labute approximate surface area is 124 Å². The van der Waals surface area contributed by atoms with Crippen LogP contribution in [0.25, 0.3) is 0 Å². The molecule has 0 N–H and O–H groups in total. The molecule has 1 aliphatic rings. The molecular formula is C16H22BrNO. The van der Waals surface area contributed by atoms with Crippen LogP contribution in [0.4, 0.5) is 0 Å². The highest BCUT2D eigenvalue weighted by molar-refractivity contribution is 9.10. The number of hydrogen-bond donors (Lipinski definition) is 0. The summed E-state index contributed by atoms with van der Waals surface area (Å²) in [6.07, 6.45) is 4.16. The van der Waals surface area contributed by atoms with Crippen LogP contribution in [0.1, 0.15) is 49.9 Å². The van der Waals surface area contributed by atoms with Gasteiger partial charge in [-0.25, -0.2) is 0 Å². The standard InChI is InChI=1S/C16H22BrNO/c1-16(2)10-4-12-18(16)11-3-5-15(19)13-6-8-14(17)9-7-13/h6-9H,3-5,10-12H2,1-2H3. The molecule has 3 heteroatoms. The lowest BCUT2D eigenvalue weighted by molar-refractivity contribution is 0.0966. The van der Waals surface area contributed by atoms with E-state index < -0.39 is 0 Å². The van der Waals surface area contributed by atoms with Crippen LogP contribution in [0, 0.1) is 0 Å². The van der Waals surface area contributed by atoms with Crippen molar-refractivity contribution >= 4 is 21.7 Å². The molecule has 2 nitrogen and oxygen atoms in total. The molecule has 104 valence electrons. The molecule has 1 saturated heterocycles. The van der Waals surface area contributed by atoms with Gasteiger partial charge in [-0.1, -0.05) is 28.1 Å². The van der Waals surface area contributed by atoms with Gasteiger partial charge in [0, 0.05) is 22.0 Å². The van der Waals surface area contributed by atoms with Gasteiger partial charge in [0.25, 0.3) is 0 Å². The SMILES string of the molecule is CC1(C)CCCN1CCCC(=O)c1ccc(Br)cc1. The Morgan fingerprint density at radius 2 is 2.00 bits per heavy atom. The second-order valence-electron chi connectivity index (χ2n) is 5.94. The van der Waals surface area contributed by atoms with Crippen molar-refractivity contribution in [2.75, 3.05) is 13.1 Å². The van der Waals surface area contributed by atoms with Gasteiger partial charge in [-0.15, -0.1) is 0 Å². The van der Waals surface area contributed by atoms with Crippen LogP contribution in [-0.2, 0) is 0 Å². The number of nitrogens with zero attached hydrogens (tertiary/aromatic N) is 1. The number of benzene rings is 1. The average Bonchev–Trinajstić information content (AvgIpc) is 2.69. The second-order valence-corrected chi connectivity index (χ2v) is 6.85. The summed E-state index contributed by atoms with van der Waals surface area (Å²) < 4.78 is 1.02. The van der Waals surface area contributed by atoms with E-state index in [1.54, 1.807) is 0 Å². The van der Waals surface area contributed by atoms with Crippen molar-refractivity contribution in [3.05, 3.63) is 34.3 Å². The number of carbonyl (C=O) groups is 1. The molecule has 0 bridgehead atoms. The van der Waals surface area contributed by atoms with E-state index in [9.17, 15) is 4.79 Å². The number of Topliss-reactive ketones (excluding diaryl/α,β-unsaturated/α-hetero) is 1. The van der Waals surface area contributed by atoms with E-state index in [0.717, 1.165) is 23.0 Å². The highest BCUT2D eigenvalue weighted by Crippen LogP contribution is 2.28. The first-order valence-electron chi connectivity index (χ1n) is 7.03. The number of ketones is 1. The minimum absolute atomic E-state index is 0.254. The van der Waals surface area contributed by atoms with E-state index in [-0.39, 0.29) is 5.78 Å². The summed E-state index contributed by atoms with van der Waals surface area (Å²) in [4.78, 5) is 14.6. The topological polar surface area (TPSA) is 20.3 Å². The fourth-order valence-corrected chi connectivity index (χ4v) is 3.05. The van der Waals surface area contributed by atoms with Crippen molar-refractivity contribution in [1.29, 1.82) is 0 Å². The fourth-order valence-electron chi connectivity index (χ4n) is 2.79. The quantitative estimate of drug-likeness (QED) is 0.753. The molecule has 0 saturated carbocycles. The molecule has 1 heterocycles. The Balaban J connectivity index is 1.80. The van der Waals surface area contributed by atoms with Gasteiger partial charge < -0.3 is 0 Å². The van der Waals surface area contributed by atoms with Crippen LogP contribution >= 0.6 is 15.9 Å². The number of rotatable bonds is 5. The predicted molar refractivity (Wildman–Crippen MR) is 82.6 cm³/mol. The van der Waals surface area contributed by atoms with Crippen LogP contribution < -0.4 is 0 Å². The molecule has 0 aliphatic carbocycles. The van der Waals surface area contributed by atoms with E-state index in [1.807, 2.05) is 24.3 Å². The van der Waals surface area contributed by atoms with Crippen molar-refractivity contribution in [3.63, 3.8) is 0 Å². The predicted octanol–water partition coefficient (Wildman–Crippen LogP) is 4.29. The summed E-state index contributed by atoms with van der Waals surface area (Å²) in [6, 6.07) is 7.64. The van der Waals surface area contributed by atoms with Crippen molar-refractivity contribution in [2.24, 2.45) is 0 Å². The summed E-state index contributed by atoms with van der Waals surface area (Å²) in [6.45, 7) is 6.82. The molecule has 1 fully saturated rings. The summed E-state index contributed by atoms with van der Waals surface area (Å²) >= 11 is 3.39.